The smallest absolute Gasteiger partial charge is 0.255 e. The number of amides is 2. The van der Waals surface area contributed by atoms with Gasteiger partial charge in [0.1, 0.15) is 0 Å². The van der Waals surface area contributed by atoms with Crippen molar-refractivity contribution in [3.8, 4) is 5.88 Å². The first-order chi connectivity index (χ1) is 15.6. The zero-order valence-electron chi connectivity index (χ0n) is 18.9. The van der Waals surface area contributed by atoms with Crippen LogP contribution < -0.4 is 10.1 Å². The molecule has 0 atom stereocenters. The van der Waals surface area contributed by atoms with Crippen LogP contribution in [0.4, 0.5) is 0 Å². The number of piperidine rings is 1. The van der Waals surface area contributed by atoms with Crippen LogP contribution in [0.5, 0.6) is 5.88 Å². The average Bonchev–Trinajstić information content (AvgIpc) is 3.67. The van der Waals surface area contributed by atoms with Gasteiger partial charge in [-0.1, -0.05) is 24.3 Å². The number of aryl methyl sites for hydroxylation is 1. The molecule has 4 rings (SSSR count). The minimum Gasteiger partial charge on any atom is -0.481 e. The maximum absolute atomic E-state index is 12.7. The van der Waals surface area contributed by atoms with Gasteiger partial charge in [0.15, 0.2) is 0 Å². The number of methoxy groups -OCH3 is 1. The van der Waals surface area contributed by atoms with Crippen molar-refractivity contribution in [1.82, 2.24) is 15.2 Å². The summed E-state index contributed by atoms with van der Waals surface area (Å²) in [7, 11) is 1.57. The Balaban J connectivity index is 1.19. The first-order valence-corrected chi connectivity index (χ1v) is 11.7. The van der Waals surface area contributed by atoms with Gasteiger partial charge >= 0.3 is 0 Å². The molecule has 1 aromatic heterocycles. The molecule has 2 fully saturated rings. The molecule has 1 N–H and O–H groups in total. The molecular formula is C26H33N3O3. The molecule has 32 heavy (non-hydrogen) atoms. The Kier molecular flexibility index (Phi) is 7.40. The van der Waals surface area contributed by atoms with Crippen LogP contribution in [-0.2, 0) is 17.6 Å². The van der Waals surface area contributed by atoms with Gasteiger partial charge in [0.25, 0.3) is 5.91 Å². The summed E-state index contributed by atoms with van der Waals surface area (Å²) in [6, 6.07) is 12.2. The van der Waals surface area contributed by atoms with E-state index in [0.717, 1.165) is 51.2 Å². The summed E-state index contributed by atoms with van der Waals surface area (Å²) < 4.78 is 5.06. The summed E-state index contributed by atoms with van der Waals surface area (Å²) >= 11 is 0. The Labute approximate surface area is 190 Å². The van der Waals surface area contributed by atoms with Gasteiger partial charge in [-0.15, -0.1) is 0 Å². The number of rotatable bonds is 9. The summed E-state index contributed by atoms with van der Waals surface area (Å²) in [5, 5.41) is 3.03. The molecule has 1 saturated heterocycles. The molecule has 6 nitrogen and oxygen atoms in total. The number of nitrogens with zero attached hydrogens (tertiary/aromatic N) is 2. The number of hydrogen-bond donors (Lipinski definition) is 1. The summed E-state index contributed by atoms with van der Waals surface area (Å²) in [5.74, 6) is 2.04. The highest BCUT2D eigenvalue weighted by Crippen LogP contribution is 2.27. The van der Waals surface area contributed by atoms with Gasteiger partial charge in [-0.05, 0) is 67.6 Å². The second-order valence-corrected chi connectivity index (χ2v) is 9.09. The molecule has 1 aliphatic heterocycles. The number of aromatic nitrogens is 1. The van der Waals surface area contributed by atoms with Crippen LogP contribution in [0, 0.1) is 11.8 Å². The molecule has 0 bridgehead atoms. The maximum atomic E-state index is 12.7. The maximum Gasteiger partial charge on any atom is 0.255 e. The highest BCUT2D eigenvalue weighted by Gasteiger charge is 2.24. The molecule has 2 aliphatic rings. The molecule has 2 amide bonds. The average molecular weight is 436 g/mol. The van der Waals surface area contributed by atoms with Crippen molar-refractivity contribution in [3.05, 3.63) is 59.3 Å². The molecule has 0 unspecified atom stereocenters. The third-order valence-electron chi connectivity index (χ3n) is 6.57. The summed E-state index contributed by atoms with van der Waals surface area (Å²) in [6.07, 6.45) is 8.52. The van der Waals surface area contributed by atoms with E-state index in [1.54, 1.807) is 25.4 Å². The van der Waals surface area contributed by atoms with Gasteiger partial charge < -0.3 is 15.0 Å². The minimum absolute atomic E-state index is 0.0455. The number of pyridine rings is 1. The van der Waals surface area contributed by atoms with E-state index in [9.17, 15) is 9.59 Å². The fraction of sp³-hybridized carbons (Fsp3) is 0.500. The monoisotopic (exact) mass is 435 g/mol. The molecule has 6 heteroatoms. The predicted molar refractivity (Wildman–Crippen MR) is 124 cm³/mol. The Hall–Kier alpha value is -2.89. The van der Waals surface area contributed by atoms with Crippen molar-refractivity contribution in [3.63, 3.8) is 0 Å². The fourth-order valence-corrected chi connectivity index (χ4v) is 4.25. The van der Waals surface area contributed by atoms with E-state index >= 15 is 0 Å². The number of ether oxygens (including phenoxy) is 1. The van der Waals surface area contributed by atoms with Crippen LogP contribution in [0.15, 0.2) is 42.6 Å². The Morgan fingerprint density at radius 2 is 1.72 bits per heavy atom. The van der Waals surface area contributed by atoms with Gasteiger partial charge in [-0.3, -0.25) is 9.59 Å². The Bertz CT molecular complexity index is 899. The second kappa shape index (κ2) is 10.6. The summed E-state index contributed by atoms with van der Waals surface area (Å²) in [4.78, 5) is 30.7. The van der Waals surface area contributed by atoms with Crippen LogP contribution in [-0.4, -0.2) is 48.4 Å². The highest BCUT2D eigenvalue weighted by molar-refractivity contribution is 5.94. The number of carbonyl (C=O) groups is 2. The first kappa shape index (κ1) is 22.3. The first-order valence-electron chi connectivity index (χ1n) is 11.7. The van der Waals surface area contributed by atoms with Crippen molar-refractivity contribution in [2.75, 3.05) is 26.7 Å². The van der Waals surface area contributed by atoms with Crippen LogP contribution in [0.3, 0.4) is 0 Å². The van der Waals surface area contributed by atoms with E-state index in [4.69, 9.17) is 4.74 Å². The zero-order valence-corrected chi connectivity index (χ0v) is 18.9. The van der Waals surface area contributed by atoms with Crippen LogP contribution >= 0.6 is 0 Å². The van der Waals surface area contributed by atoms with Crippen molar-refractivity contribution in [2.45, 2.75) is 44.9 Å². The van der Waals surface area contributed by atoms with E-state index in [2.05, 4.69) is 34.6 Å². The van der Waals surface area contributed by atoms with Crippen molar-refractivity contribution >= 4 is 11.8 Å². The fourth-order valence-electron chi connectivity index (χ4n) is 4.25. The Morgan fingerprint density at radius 3 is 2.34 bits per heavy atom. The topological polar surface area (TPSA) is 71.5 Å². The molecule has 170 valence electrons. The molecule has 1 aliphatic carbocycles. The molecule has 0 spiro atoms. The van der Waals surface area contributed by atoms with Crippen LogP contribution in [0.25, 0.3) is 0 Å². The molecule has 1 saturated carbocycles. The number of benzene rings is 1. The lowest BCUT2D eigenvalue weighted by Gasteiger charge is -2.32. The number of likely N-dealkylation sites (tertiary alicyclic amines) is 1. The van der Waals surface area contributed by atoms with Crippen molar-refractivity contribution in [1.29, 1.82) is 0 Å². The second-order valence-electron chi connectivity index (χ2n) is 9.09. The van der Waals surface area contributed by atoms with Crippen LogP contribution in [0.1, 0.15) is 53.6 Å². The Morgan fingerprint density at radius 1 is 1.00 bits per heavy atom. The zero-order chi connectivity index (χ0) is 22.3. The minimum atomic E-state index is 0.0455. The van der Waals surface area contributed by atoms with Crippen molar-refractivity contribution < 1.29 is 14.3 Å². The highest BCUT2D eigenvalue weighted by atomic mass is 16.5. The van der Waals surface area contributed by atoms with Gasteiger partial charge in [0, 0.05) is 38.3 Å². The predicted octanol–water partition coefficient (Wildman–Crippen LogP) is 3.64. The van der Waals surface area contributed by atoms with Crippen molar-refractivity contribution in [2.24, 2.45) is 11.8 Å². The molecule has 1 aromatic carbocycles. The molecule has 2 heterocycles. The standard InChI is InChI=1S/C26H33N3O3/c1-32-25-11-9-23(18-28-25)26(31)29-14-12-21(13-15-29)16-20-4-2-19(3-5-20)8-10-24(30)27-17-22-6-7-22/h2-5,9,11,18,21-22H,6-8,10,12-17H2,1H3,(H,27,30). The van der Waals surface area contributed by atoms with Gasteiger partial charge in [-0.25, -0.2) is 4.98 Å². The van der Waals surface area contributed by atoms with Gasteiger partial charge in [0.2, 0.25) is 11.8 Å². The van der Waals surface area contributed by atoms with E-state index in [-0.39, 0.29) is 11.8 Å². The number of hydrogen-bond acceptors (Lipinski definition) is 4. The largest absolute Gasteiger partial charge is 0.481 e. The quantitative estimate of drug-likeness (QED) is 0.653. The number of nitrogens with one attached hydrogen (secondary N) is 1. The third-order valence-corrected chi connectivity index (χ3v) is 6.57. The molecule has 2 aromatic rings. The third kappa shape index (κ3) is 6.31. The SMILES string of the molecule is COc1ccc(C(=O)N2CCC(Cc3ccc(CCC(=O)NCC4CC4)cc3)CC2)cn1. The van der Waals surface area contributed by atoms with Gasteiger partial charge in [-0.2, -0.15) is 0 Å². The van der Waals surface area contributed by atoms with E-state index in [1.807, 2.05) is 4.90 Å². The van der Waals surface area contributed by atoms with E-state index < -0.39 is 0 Å². The van der Waals surface area contributed by atoms with Gasteiger partial charge in [0.05, 0.1) is 12.7 Å². The van der Waals surface area contributed by atoms with Crippen LogP contribution in [0.2, 0.25) is 0 Å². The lowest BCUT2D eigenvalue weighted by Crippen LogP contribution is -2.38. The van der Waals surface area contributed by atoms with E-state index in [0.29, 0.717) is 23.8 Å². The lowest BCUT2D eigenvalue weighted by molar-refractivity contribution is -0.121. The molecule has 0 radical (unpaired) electrons. The lowest BCUT2D eigenvalue weighted by atomic mass is 9.89. The van der Waals surface area contributed by atoms with E-state index in [1.165, 1.54) is 24.0 Å². The number of carbonyl (C=O) groups excluding carboxylic acids is 2. The summed E-state index contributed by atoms with van der Waals surface area (Å²) in [6.45, 7) is 2.41. The normalized spacial score (nSPS) is 16.6. The molecular weight excluding hydrogens is 402 g/mol. The summed E-state index contributed by atoms with van der Waals surface area (Å²) in [5.41, 5.74) is 3.15.